The third kappa shape index (κ3) is 5.34. The highest BCUT2D eigenvalue weighted by Crippen LogP contribution is 2.17. The van der Waals surface area contributed by atoms with Crippen LogP contribution in [0, 0.1) is 5.82 Å². The van der Waals surface area contributed by atoms with E-state index in [2.05, 4.69) is 20.8 Å². The predicted molar refractivity (Wildman–Crippen MR) is 72.0 cm³/mol. The Hall–Kier alpha value is -0.160. The van der Waals surface area contributed by atoms with Crippen molar-refractivity contribution < 1.29 is 9.13 Å². The van der Waals surface area contributed by atoms with E-state index in [9.17, 15) is 4.39 Å². The number of halogens is 3. The summed E-state index contributed by atoms with van der Waals surface area (Å²) < 4.78 is 18.5. The van der Waals surface area contributed by atoms with Crippen LogP contribution in [0.25, 0.3) is 0 Å². The van der Waals surface area contributed by atoms with E-state index in [1.54, 1.807) is 19.2 Å². The average Bonchev–Trinajstić information content (AvgIpc) is 2.23. The Morgan fingerprint density at radius 2 is 2.24 bits per heavy atom. The number of alkyl halides is 1. The van der Waals surface area contributed by atoms with Gasteiger partial charge in [-0.15, -0.1) is 11.6 Å². The molecule has 1 atom stereocenters. The number of nitrogens with zero attached hydrogens (tertiary/aromatic N) is 1. The van der Waals surface area contributed by atoms with Crippen LogP contribution < -0.4 is 0 Å². The van der Waals surface area contributed by atoms with Crippen molar-refractivity contribution in [3.05, 3.63) is 34.1 Å². The van der Waals surface area contributed by atoms with Crippen LogP contribution in [0.1, 0.15) is 5.56 Å². The van der Waals surface area contributed by atoms with Gasteiger partial charge in [-0.3, -0.25) is 0 Å². The van der Waals surface area contributed by atoms with Gasteiger partial charge in [0.05, 0.1) is 16.5 Å². The maximum absolute atomic E-state index is 13.0. The molecule has 0 aliphatic heterocycles. The van der Waals surface area contributed by atoms with Crippen molar-refractivity contribution in [2.45, 2.75) is 11.9 Å². The van der Waals surface area contributed by atoms with Gasteiger partial charge in [-0.1, -0.05) is 6.07 Å². The Balaban J connectivity index is 2.50. The van der Waals surface area contributed by atoms with Crippen LogP contribution in [-0.4, -0.2) is 37.6 Å². The number of benzene rings is 1. The van der Waals surface area contributed by atoms with Crippen molar-refractivity contribution in [3.8, 4) is 0 Å². The van der Waals surface area contributed by atoms with E-state index < -0.39 is 0 Å². The van der Waals surface area contributed by atoms with Gasteiger partial charge >= 0.3 is 0 Å². The second-order valence-corrected chi connectivity index (χ2v) is 5.47. The first-order chi connectivity index (χ1) is 8.02. The fourth-order valence-electron chi connectivity index (χ4n) is 1.59. The molecule has 0 N–H and O–H groups in total. The third-order valence-electron chi connectivity index (χ3n) is 2.29. The molecule has 5 heteroatoms. The minimum Gasteiger partial charge on any atom is -0.383 e. The molecule has 0 radical (unpaired) electrons. The van der Waals surface area contributed by atoms with Crippen molar-refractivity contribution in [1.82, 2.24) is 4.90 Å². The van der Waals surface area contributed by atoms with Gasteiger partial charge in [0.15, 0.2) is 0 Å². The summed E-state index contributed by atoms with van der Waals surface area (Å²) in [7, 11) is 3.61. The smallest absolute Gasteiger partial charge is 0.137 e. The van der Waals surface area contributed by atoms with Crippen LogP contribution in [-0.2, 0) is 11.3 Å². The van der Waals surface area contributed by atoms with E-state index in [0.29, 0.717) is 11.1 Å². The van der Waals surface area contributed by atoms with E-state index >= 15 is 0 Å². The first-order valence-corrected chi connectivity index (χ1v) is 6.51. The molecule has 1 rings (SSSR count). The summed E-state index contributed by atoms with van der Waals surface area (Å²) in [5, 5.41) is -0.0334. The maximum Gasteiger partial charge on any atom is 0.137 e. The largest absolute Gasteiger partial charge is 0.383 e. The molecule has 0 saturated carbocycles. The van der Waals surface area contributed by atoms with Gasteiger partial charge in [0, 0.05) is 20.2 Å². The molecule has 0 spiro atoms. The highest BCUT2D eigenvalue weighted by Gasteiger charge is 2.09. The molecule has 17 heavy (non-hydrogen) atoms. The van der Waals surface area contributed by atoms with E-state index in [-0.39, 0.29) is 11.2 Å². The number of hydrogen-bond acceptors (Lipinski definition) is 2. The predicted octanol–water partition coefficient (Wildman–Crippen LogP) is 3.27. The van der Waals surface area contributed by atoms with Crippen molar-refractivity contribution in [1.29, 1.82) is 0 Å². The van der Waals surface area contributed by atoms with E-state index in [1.807, 2.05) is 7.05 Å². The van der Waals surface area contributed by atoms with E-state index in [1.165, 1.54) is 6.07 Å². The quantitative estimate of drug-likeness (QED) is 0.745. The van der Waals surface area contributed by atoms with Crippen molar-refractivity contribution in [3.63, 3.8) is 0 Å². The minimum absolute atomic E-state index is 0.0334. The zero-order chi connectivity index (χ0) is 12.8. The number of rotatable bonds is 6. The lowest BCUT2D eigenvalue weighted by Crippen LogP contribution is -2.28. The van der Waals surface area contributed by atoms with Crippen LogP contribution in [0.2, 0.25) is 0 Å². The molecule has 0 aromatic heterocycles. The Kier molecular flexibility index (Phi) is 6.41. The van der Waals surface area contributed by atoms with Crippen molar-refractivity contribution in [2.24, 2.45) is 0 Å². The topological polar surface area (TPSA) is 12.5 Å². The molecule has 1 aromatic carbocycles. The third-order valence-corrected chi connectivity index (χ3v) is 3.17. The highest BCUT2D eigenvalue weighted by molar-refractivity contribution is 9.10. The molecule has 0 bridgehead atoms. The Bertz CT molecular complexity index is 364. The number of ether oxygens (including phenoxy) is 1. The number of methoxy groups -OCH3 is 1. The molecule has 1 aromatic rings. The van der Waals surface area contributed by atoms with Crippen LogP contribution in [0.15, 0.2) is 22.7 Å². The summed E-state index contributed by atoms with van der Waals surface area (Å²) in [6.45, 7) is 1.98. The fourth-order valence-corrected chi connectivity index (χ4v) is 2.37. The van der Waals surface area contributed by atoms with Gasteiger partial charge in [0.25, 0.3) is 0 Å². The lowest BCUT2D eigenvalue weighted by Gasteiger charge is -2.19. The molecule has 0 aliphatic rings. The van der Waals surface area contributed by atoms with Gasteiger partial charge in [-0.2, -0.15) is 0 Å². The normalized spacial score (nSPS) is 13.1. The fraction of sp³-hybridized carbons (Fsp3) is 0.500. The molecule has 2 nitrogen and oxygen atoms in total. The Morgan fingerprint density at radius 3 is 2.82 bits per heavy atom. The van der Waals surface area contributed by atoms with Crippen molar-refractivity contribution in [2.75, 3.05) is 27.3 Å². The van der Waals surface area contributed by atoms with Crippen LogP contribution in [0.4, 0.5) is 4.39 Å². The lowest BCUT2D eigenvalue weighted by atomic mass is 10.2. The molecule has 0 saturated heterocycles. The summed E-state index contributed by atoms with van der Waals surface area (Å²) in [6, 6.07) is 5.02. The molecule has 0 amide bonds. The van der Waals surface area contributed by atoms with Gasteiger partial charge in [0.2, 0.25) is 0 Å². The van der Waals surface area contributed by atoms with Gasteiger partial charge < -0.3 is 9.64 Å². The molecule has 0 heterocycles. The highest BCUT2D eigenvalue weighted by atomic mass is 79.9. The molecular formula is C12H16BrClFNO. The van der Waals surface area contributed by atoms with Crippen LogP contribution >= 0.6 is 27.5 Å². The first-order valence-electron chi connectivity index (χ1n) is 5.28. The van der Waals surface area contributed by atoms with E-state index in [0.717, 1.165) is 18.7 Å². The Labute approximate surface area is 115 Å². The monoisotopic (exact) mass is 323 g/mol. The average molecular weight is 325 g/mol. The standard InChI is InChI=1S/C12H16BrClFNO/c1-16(7-10(14)8-17-2)6-9-3-4-12(15)11(13)5-9/h3-5,10H,6-8H2,1-2H3. The summed E-state index contributed by atoms with van der Waals surface area (Å²) in [6.07, 6.45) is 0. The molecule has 1 unspecified atom stereocenters. The van der Waals surface area contributed by atoms with Gasteiger partial charge in [0.1, 0.15) is 5.82 Å². The Morgan fingerprint density at radius 1 is 1.53 bits per heavy atom. The van der Waals surface area contributed by atoms with Gasteiger partial charge in [-0.05, 0) is 40.7 Å². The summed E-state index contributed by atoms with van der Waals surface area (Å²) in [5.74, 6) is -0.244. The zero-order valence-corrected chi connectivity index (χ0v) is 12.3. The first kappa shape index (κ1) is 14.9. The second kappa shape index (κ2) is 7.31. The zero-order valence-electron chi connectivity index (χ0n) is 9.92. The summed E-state index contributed by atoms with van der Waals surface area (Å²) >= 11 is 9.23. The SMILES string of the molecule is COCC(Cl)CN(C)Cc1ccc(F)c(Br)c1. The minimum atomic E-state index is -0.244. The summed E-state index contributed by atoms with van der Waals surface area (Å²) in [5.41, 5.74) is 1.04. The second-order valence-electron chi connectivity index (χ2n) is 4.00. The van der Waals surface area contributed by atoms with Crippen LogP contribution in [0.5, 0.6) is 0 Å². The lowest BCUT2D eigenvalue weighted by molar-refractivity contribution is 0.181. The molecule has 0 aliphatic carbocycles. The molecule has 0 fully saturated rings. The molecule has 96 valence electrons. The number of hydrogen-bond donors (Lipinski definition) is 0. The van der Waals surface area contributed by atoms with Gasteiger partial charge in [-0.25, -0.2) is 4.39 Å². The van der Waals surface area contributed by atoms with Crippen LogP contribution in [0.3, 0.4) is 0 Å². The van der Waals surface area contributed by atoms with Crippen molar-refractivity contribution >= 4 is 27.5 Å². The summed E-state index contributed by atoms with van der Waals surface area (Å²) in [4.78, 5) is 2.08. The van der Waals surface area contributed by atoms with E-state index in [4.69, 9.17) is 16.3 Å². The molecular weight excluding hydrogens is 308 g/mol. The maximum atomic E-state index is 13.0.